The average molecular weight is 317 g/mol. The molecular weight excluding hydrogens is 290 g/mol. The minimum absolute atomic E-state index is 0.332. The molecular formula is C18H27N3O2. The maximum absolute atomic E-state index is 10.3. The summed E-state index contributed by atoms with van der Waals surface area (Å²) in [4.78, 5) is 7.99. The van der Waals surface area contributed by atoms with Crippen LogP contribution in [0.3, 0.4) is 0 Å². The van der Waals surface area contributed by atoms with Gasteiger partial charge in [-0.15, -0.1) is 0 Å². The molecule has 126 valence electrons. The van der Waals surface area contributed by atoms with Gasteiger partial charge in [0, 0.05) is 36.7 Å². The van der Waals surface area contributed by atoms with Crippen molar-refractivity contribution in [2.24, 2.45) is 0 Å². The van der Waals surface area contributed by atoms with Gasteiger partial charge in [-0.3, -0.25) is 4.90 Å². The number of ether oxygens (including phenoxy) is 1. The molecule has 23 heavy (non-hydrogen) atoms. The number of aliphatic hydroxyl groups excluding tert-OH is 1. The molecule has 0 bridgehead atoms. The lowest BCUT2D eigenvalue weighted by Gasteiger charge is -2.23. The molecule has 1 aliphatic heterocycles. The SMILES string of the molecule is CCN1CCCN(CC(O)COc2cccc3[nH]ccc23)CC1. The number of likely N-dealkylation sites (N-methyl/N-ethyl adjacent to an activating group) is 1. The Morgan fingerprint density at radius 1 is 1.17 bits per heavy atom. The fourth-order valence-electron chi connectivity index (χ4n) is 3.24. The highest BCUT2D eigenvalue weighted by Gasteiger charge is 2.17. The van der Waals surface area contributed by atoms with Crippen molar-refractivity contribution in [1.82, 2.24) is 14.8 Å². The zero-order valence-electron chi connectivity index (χ0n) is 13.9. The number of rotatable bonds is 6. The van der Waals surface area contributed by atoms with E-state index < -0.39 is 6.10 Å². The van der Waals surface area contributed by atoms with Crippen LogP contribution >= 0.6 is 0 Å². The Morgan fingerprint density at radius 2 is 2.00 bits per heavy atom. The van der Waals surface area contributed by atoms with E-state index in [9.17, 15) is 5.11 Å². The summed E-state index contributed by atoms with van der Waals surface area (Å²) < 4.78 is 5.85. The number of nitrogens with zero attached hydrogens (tertiary/aromatic N) is 2. The summed E-state index contributed by atoms with van der Waals surface area (Å²) in [5.74, 6) is 0.829. The van der Waals surface area contributed by atoms with Crippen LogP contribution in [0.2, 0.25) is 0 Å². The molecule has 1 aromatic carbocycles. The Bertz CT molecular complexity index is 613. The summed E-state index contributed by atoms with van der Waals surface area (Å²) in [6, 6.07) is 7.95. The molecule has 0 amide bonds. The predicted molar refractivity (Wildman–Crippen MR) is 93.0 cm³/mol. The normalized spacial score (nSPS) is 18.9. The minimum Gasteiger partial charge on any atom is -0.490 e. The van der Waals surface area contributed by atoms with E-state index in [1.54, 1.807) is 0 Å². The van der Waals surface area contributed by atoms with Crippen molar-refractivity contribution in [2.45, 2.75) is 19.4 Å². The number of aliphatic hydroxyl groups is 1. The van der Waals surface area contributed by atoms with Crippen LogP contribution in [0.25, 0.3) is 10.9 Å². The molecule has 0 saturated carbocycles. The van der Waals surface area contributed by atoms with E-state index in [2.05, 4.69) is 21.7 Å². The van der Waals surface area contributed by atoms with E-state index in [4.69, 9.17) is 4.74 Å². The van der Waals surface area contributed by atoms with E-state index >= 15 is 0 Å². The van der Waals surface area contributed by atoms with Gasteiger partial charge in [0.1, 0.15) is 18.5 Å². The summed E-state index contributed by atoms with van der Waals surface area (Å²) in [6.07, 6.45) is 2.62. The number of β-amino-alcohol motifs (C(OH)–C–C–N with tert-alkyl or cyclic N) is 1. The van der Waals surface area contributed by atoms with Crippen molar-refractivity contribution in [3.63, 3.8) is 0 Å². The van der Waals surface area contributed by atoms with Gasteiger partial charge < -0.3 is 19.7 Å². The van der Waals surface area contributed by atoms with Crippen molar-refractivity contribution in [2.75, 3.05) is 45.9 Å². The monoisotopic (exact) mass is 317 g/mol. The number of hydrogen-bond acceptors (Lipinski definition) is 4. The second-order valence-corrected chi connectivity index (χ2v) is 6.25. The van der Waals surface area contributed by atoms with E-state index in [1.807, 2.05) is 30.5 Å². The lowest BCUT2D eigenvalue weighted by Crippen LogP contribution is -2.38. The third kappa shape index (κ3) is 4.25. The number of fused-ring (bicyclic) bond motifs is 1. The summed E-state index contributed by atoms with van der Waals surface area (Å²) in [5.41, 5.74) is 1.06. The molecule has 1 unspecified atom stereocenters. The first-order chi connectivity index (χ1) is 11.3. The van der Waals surface area contributed by atoms with Crippen molar-refractivity contribution in [1.29, 1.82) is 0 Å². The number of nitrogens with one attached hydrogen (secondary N) is 1. The molecule has 5 nitrogen and oxygen atoms in total. The Labute approximate surface area is 137 Å². The van der Waals surface area contributed by atoms with Gasteiger partial charge >= 0.3 is 0 Å². The lowest BCUT2D eigenvalue weighted by atomic mass is 10.2. The van der Waals surface area contributed by atoms with Crippen LogP contribution < -0.4 is 4.74 Å². The molecule has 5 heteroatoms. The number of hydrogen-bond donors (Lipinski definition) is 2. The maximum Gasteiger partial charge on any atom is 0.128 e. The molecule has 2 aromatic rings. The first kappa shape index (κ1) is 16.3. The van der Waals surface area contributed by atoms with E-state index in [1.165, 1.54) is 6.42 Å². The van der Waals surface area contributed by atoms with E-state index in [0.29, 0.717) is 13.2 Å². The summed E-state index contributed by atoms with van der Waals surface area (Å²) in [5, 5.41) is 11.4. The van der Waals surface area contributed by atoms with Crippen molar-refractivity contribution in [3.05, 3.63) is 30.5 Å². The third-order valence-electron chi connectivity index (χ3n) is 4.58. The number of aromatic nitrogens is 1. The zero-order valence-corrected chi connectivity index (χ0v) is 13.9. The molecule has 0 spiro atoms. The van der Waals surface area contributed by atoms with Gasteiger partial charge in [0.05, 0.1) is 0 Å². The maximum atomic E-state index is 10.3. The quantitative estimate of drug-likeness (QED) is 0.855. The molecule has 1 aliphatic rings. The van der Waals surface area contributed by atoms with Gasteiger partial charge in [-0.2, -0.15) is 0 Å². The van der Waals surface area contributed by atoms with Crippen LogP contribution in [0.4, 0.5) is 0 Å². The van der Waals surface area contributed by atoms with E-state index in [-0.39, 0.29) is 0 Å². The van der Waals surface area contributed by atoms with Crippen LogP contribution in [0.15, 0.2) is 30.5 Å². The van der Waals surface area contributed by atoms with Gasteiger partial charge in [0.25, 0.3) is 0 Å². The molecule has 2 heterocycles. The lowest BCUT2D eigenvalue weighted by molar-refractivity contribution is 0.0700. The number of aromatic amines is 1. The standard InChI is InChI=1S/C18H27N3O2/c1-2-20-9-4-10-21(12-11-20)13-15(22)14-23-18-6-3-5-17-16(18)7-8-19-17/h3,5-8,15,19,22H,2,4,9-14H2,1H3. The highest BCUT2D eigenvalue weighted by atomic mass is 16.5. The Morgan fingerprint density at radius 3 is 2.87 bits per heavy atom. The fraction of sp³-hybridized carbons (Fsp3) is 0.556. The topological polar surface area (TPSA) is 51.7 Å². The molecule has 1 atom stereocenters. The van der Waals surface area contributed by atoms with Gasteiger partial charge in [0.15, 0.2) is 0 Å². The van der Waals surface area contributed by atoms with Gasteiger partial charge in [0.2, 0.25) is 0 Å². The number of H-pyrrole nitrogens is 1. The Balaban J connectivity index is 1.49. The molecule has 2 N–H and O–H groups in total. The molecule has 1 saturated heterocycles. The van der Waals surface area contributed by atoms with Gasteiger partial charge in [-0.1, -0.05) is 13.0 Å². The van der Waals surface area contributed by atoms with Crippen LogP contribution in [0.1, 0.15) is 13.3 Å². The third-order valence-corrected chi connectivity index (χ3v) is 4.58. The number of benzene rings is 1. The largest absolute Gasteiger partial charge is 0.490 e. The average Bonchev–Trinajstić information content (AvgIpc) is 2.93. The van der Waals surface area contributed by atoms with E-state index in [0.717, 1.165) is 49.4 Å². The summed E-state index contributed by atoms with van der Waals surface area (Å²) >= 11 is 0. The summed E-state index contributed by atoms with van der Waals surface area (Å²) in [6.45, 7) is 8.67. The smallest absolute Gasteiger partial charge is 0.128 e. The van der Waals surface area contributed by atoms with Crippen LogP contribution in [0.5, 0.6) is 5.75 Å². The Kier molecular flexibility index (Phi) is 5.54. The van der Waals surface area contributed by atoms with Gasteiger partial charge in [-0.05, 0) is 44.3 Å². The second kappa shape index (κ2) is 7.81. The molecule has 0 radical (unpaired) electrons. The molecule has 1 fully saturated rings. The fourth-order valence-corrected chi connectivity index (χ4v) is 3.24. The van der Waals surface area contributed by atoms with Gasteiger partial charge in [-0.25, -0.2) is 0 Å². The van der Waals surface area contributed by atoms with Crippen LogP contribution in [0, 0.1) is 0 Å². The summed E-state index contributed by atoms with van der Waals surface area (Å²) in [7, 11) is 0. The predicted octanol–water partition coefficient (Wildman–Crippen LogP) is 1.94. The minimum atomic E-state index is -0.461. The highest BCUT2D eigenvalue weighted by Crippen LogP contribution is 2.24. The highest BCUT2D eigenvalue weighted by molar-refractivity contribution is 5.85. The molecule has 0 aliphatic carbocycles. The van der Waals surface area contributed by atoms with Crippen LogP contribution in [-0.2, 0) is 0 Å². The van der Waals surface area contributed by atoms with Crippen LogP contribution in [-0.4, -0.2) is 71.9 Å². The van der Waals surface area contributed by atoms with Crippen molar-refractivity contribution >= 4 is 10.9 Å². The Hall–Kier alpha value is -1.56. The first-order valence-electron chi connectivity index (χ1n) is 8.58. The van der Waals surface area contributed by atoms with Crippen molar-refractivity contribution < 1.29 is 9.84 Å². The second-order valence-electron chi connectivity index (χ2n) is 6.25. The van der Waals surface area contributed by atoms with Crippen molar-refractivity contribution in [3.8, 4) is 5.75 Å². The molecule has 3 rings (SSSR count). The molecule has 1 aromatic heterocycles. The first-order valence-corrected chi connectivity index (χ1v) is 8.58. The zero-order chi connectivity index (χ0) is 16.1.